The lowest BCUT2D eigenvalue weighted by Crippen LogP contribution is -2.35. The topological polar surface area (TPSA) is 66.5 Å². The highest BCUT2D eigenvalue weighted by molar-refractivity contribution is 7.88. The molecule has 0 spiro atoms. The van der Waals surface area contributed by atoms with Gasteiger partial charge in [0, 0.05) is 31.1 Å². The molecule has 0 unspecified atom stereocenters. The zero-order valence-electron chi connectivity index (χ0n) is 13.2. The number of sulfonamides is 1. The van der Waals surface area contributed by atoms with Crippen LogP contribution in [0.5, 0.6) is 0 Å². The fourth-order valence-electron chi connectivity index (χ4n) is 1.79. The van der Waals surface area contributed by atoms with Crippen LogP contribution in [0.3, 0.4) is 0 Å². The van der Waals surface area contributed by atoms with Gasteiger partial charge in [-0.05, 0) is 23.6 Å². The maximum atomic E-state index is 11.8. The summed E-state index contributed by atoms with van der Waals surface area (Å²) in [5, 5.41) is 3.38. The summed E-state index contributed by atoms with van der Waals surface area (Å²) in [7, 11) is -3.38. The van der Waals surface area contributed by atoms with Crippen LogP contribution in [0, 0.1) is 5.92 Å². The van der Waals surface area contributed by atoms with E-state index >= 15 is 0 Å². The van der Waals surface area contributed by atoms with Gasteiger partial charge in [-0.2, -0.15) is 4.31 Å². The van der Waals surface area contributed by atoms with E-state index in [4.69, 9.17) is 11.6 Å². The molecule has 1 amide bonds. The molecule has 0 saturated carbocycles. The molecule has 5 nitrogen and oxygen atoms in total. The molecular weight excluding hydrogens is 324 g/mol. The molecule has 0 aliphatic rings. The number of nitrogens with one attached hydrogen (secondary N) is 1. The standard InChI is InChI=1S/C15H23ClN2O3S/c1-12(2)10-17-15(19)8-9-18(22(3,20)21)11-13-4-6-14(16)7-5-13/h4-7,12H,8-11H2,1-3H3,(H,17,19). The van der Waals surface area contributed by atoms with Crippen LogP contribution in [0.1, 0.15) is 25.8 Å². The van der Waals surface area contributed by atoms with E-state index in [1.807, 2.05) is 13.8 Å². The number of hydrogen-bond donors (Lipinski definition) is 1. The molecule has 0 aliphatic heterocycles. The summed E-state index contributed by atoms with van der Waals surface area (Å²) in [6.45, 7) is 4.99. The Balaban J connectivity index is 2.62. The van der Waals surface area contributed by atoms with Crippen LogP contribution < -0.4 is 5.32 Å². The van der Waals surface area contributed by atoms with E-state index < -0.39 is 10.0 Å². The van der Waals surface area contributed by atoms with Gasteiger partial charge in [-0.3, -0.25) is 4.79 Å². The van der Waals surface area contributed by atoms with Crippen molar-refractivity contribution >= 4 is 27.5 Å². The quantitative estimate of drug-likeness (QED) is 0.785. The second-order valence-corrected chi connectivity index (χ2v) is 8.09. The zero-order chi connectivity index (χ0) is 16.8. The van der Waals surface area contributed by atoms with E-state index in [0.717, 1.165) is 11.8 Å². The van der Waals surface area contributed by atoms with Crippen molar-refractivity contribution in [2.24, 2.45) is 5.92 Å². The van der Waals surface area contributed by atoms with Gasteiger partial charge in [0.2, 0.25) is 15.9 Å². The summed E-state index contributed by atoms with van der Waals surface area (Å²) in [6.07, 6.45) is 1.29. The van der Waals surface area contributed by atoms with Crippen molar-refractivity contribution in [1.82, 2.24) is 9.62 Å². The summed E-state index contributed by atoms with van der Waals surface area (Å²) in [6, 6.07) is 6.98. The molecule has 0 aliphatic carbocycles. The largest absolute Gasteiger partial charge is 0.356 e. The normalized spacial score (nSPS) is 11.9. The molecule has 0 bridgehead atoms. The molecule has 0 radical (unpaired) electrons. The van der Waals surface area contributed by atoms with Crippen LogP contribution in [0.15, 0.2) is 24.3 Å². The Morgan fingerprint density at radius 2 is 1.86 bits per heavy atom. The molecule has 124 valence electrons. The Hall–Kier alpha value is -1.11. The number of amides is 1. The first kappa shape index (κ1) is 18.9. The number of carbonyl (C=O) groups is 1. The molecular formula is C15H23ClN2O3S. The van der Waals surface area contributed by atoms with Crippen molar-refractivity contribution in [1.29, 1.82) is 0 Å². The average molecular weight is 347 g/mol. The van der Waals surface area contributed by atoms with Crippen molar-refractivity contribution in [3.8, 4) is 0 Å². The van der Waals surface area contributed by atoms with Gasteiger partial charge < -0.3 is 5.32 Å². The Labute approximate surface area is 137 Å². The van der Waals surface area contributed by atoms with E-state index in [9.17, 15) is 13.2 Å². The molecule has 0 atom stereocenters. The first-order valence-corrected chi connectivity index (χ1v) is 9.37. The highest BCUT2D eigenvalue weighted by Crippen LogP contribution is 2.13. The Morgan fingerprint density at radius 1 is 1.27 bits per heavy atom. The number of carbonyl (C=O) groups excluding carboxylic acids is 1. The van der Waals surface area contributed by atoms with E-state index in [-0.39, 0.29) is 25.4 Å². The minimum atomic E-state index is -3.38. The minimum Gasteiger partial charge on any atom is -0.356 e. The summed E-state index contributed by atoms with van der Waals surface area (Å²) in [5.41, 5.74) is 0.831. The van der Waals surface area contributed by atoms with E-state index in [1.165, 1.54) is 4.31 Å². The maximum absolute atomic E-state index is 11.8. The Kier molecular flexibility index (Phi) is 7.32. The van der Waals surface area contributed by atoms with Crippen LogP contribution in [-0.2, 0) is 21.4 Å². The van der Waals surface area contributed by atoms with Gasteiger partial charge in [0.15, 0.2) is 0 Å². The van der Waals surface area contributed by atoms with Crippen molar-refractivity contribution < 1.29 is 13.2 Å². The fourth-order valence-corrected chi connectivity index (χ4v) is 2.72. The van der Waals surface area contributed by atoms with E-state index in [1.54, 1.807) is 24.3 Å². The molecule has 22 heavy (non-hydrogen) atoms. The SMILES string of the molecule is CC(C)CNC(=O)CCN(Cc1ccc(Cl)cc1)S(C)(=O)=O. The third kappa shape index (κ3) is 7.24. The second kappa shape index (κ2) is 8.50. The highest BCUT2D eigenvalue weighted by atomic mass is 35.5. The van der Waals surface area contributed by atoms with Gasteiger partial charge >= 0.3 is 0 Å². The molecule has 0 fully saturated rings. The van der Waals surface area contributed by atoms with Crippen LogP contribution in [-0.4, -0.2) is 38.0 Å². The first-order chi connectivity index (χ1) is 10.2. The average Bonchev–Trinajstić information content (AvgIpc) is 2.41. The first-order valence-electron chi connectivity index (χ1n) is 7.14. The number of halogens is 1. The maximum Gasteiger partial charge on any atom is 0.221 e. The lowest BCUT2D eigenvalue weighted by molar-refractivity contribution is -0.121. The van der Waals surface area contributed by atoms with Gasteiger partial charge in [0.05, 0.1) is 6.26 Å². The highest BCUT2D eigenvalue weighted by Gasteiger charge is 2.18. The summed E-state index contributed by atoms with van der Waals surface area (Å²) in [5.74, 6) is 0.225. The molecule has 1 aromatic carbocycles. The predicted octanol–water partition coefficient (Wildman–Crippen LogP) is 2.26. The lowest BCUT2D eigenvalue weighted by atomic mass is 10.2. The smallest absolute Gasteiger partial charge is 0.221 e. The molecule has 0 saturated heterocycles. The zero-order valence-corrected chi connectivity index (χ0v) is 14.7. The molecule has 1 aromatic rings. The summed E-state index contributed by atoms with van der Waals surface area (Å²) >= 11 is 5.82. The van der Waals surface area contributed by atoms with Gasteiger partial charge in [0.1, 0.15) is 0 Å². The van der Waals surface area contributed by atoms with E-state index in [0.29, 0.717) is 17.5 Å². The fraction of sp³-hybridized carbons (Fsp3) is 0.533. The molecule has 7 heteroatoms. The Morgan fingerprint density at radius 3 is 2.36 bits per heavy atom. The number of rotatable bonds is 8. The van der Waals surface area contributed by atoms with Crippen LogP contribution in [0.2, 0.25) is 5.02 Å². The third-order valence-electron chi connectivity index (χ3n) is 3.04. The Bertz CT molecular complexity index is 585. The lowest BCUT2D eigenvalue weighted by Gasteiger charge is -2.20. The summed E-state index contributed by atoms with van der Waals surface area (Å²) < 4.78 is 25.0. The molecule has 1 N–H and O–H groups in total. The minimum absolute atomic E-state index is 0.140. The van der Waals surface area contributed by atoms with Gasteiger partial charge in [-0.25, -0.2) is 8.42 Å². The predicted molar refractivity (Wildman–Crippen MR) is 89.2 cm³/mol. The van der Waals surface area contributed by atoms with Crippen molar-refractivity contribution in [3.05, 3.63) is 34.9 Å². The number of benzene rings is 1. The third-order valence-corrected chi connectivity index (χ3v) is 4.54. The number of nitrogens with zero attached hydrogens (tertiary/aromatic N) is 1. The van der Waals surface area contributed by atoms with Crippen molar-refractivity contribution in [2.75, 3.05) is 19.3 Å². The van der Waals surface area contributed by atoms with Crippen molar-refractivity contribution in [2.45, 2.75) is 26.8 Å². The van der Waals surface area contributed by atoms with Crippen LogP contribution >= 0.6 is 11.6 Å². The van der Waals surface area contributed by atoms with Crippen molar-refractivity contribution in [3.63, 3.8) is 0 Å². The summed E-state index contributed by atoms with van der Waals surface area (Å²) in [4.78, 5) is 11.7. The van der Waals surface area contributed by atoms with E-state index in [2.05, 4.69) is 5.32 Å². The van der Waals surface area contributed by atoms with Gasteiger partial charge in [-0.1, -0.05) is 37.6 Å². The molecule has 0 aromatic heterocycles. The second-order valence-electron chi connectivity index (χ2n) is 5.67. The molecule has 0 heterocycles. The van der Waals surface area contributed by atoms with Crippen LogP contribution in [0.4, 0.5) is 0 Å². The number of hydrogen-bond acceptors (Lipinski definition) is 3. The van der Waals surface area contributed by atoms with Gasteiger partial charge in [0.25, 0.3) is 0 Å². The molecule has 1 rings (SSSR count). The van der Waals surface area contributed by atoms with Gasteiger partial charge in [-0.15, -0.1) is 0 Å². The van der Waals surface area contributed by atoms with Crippen LogP contribution in [0.25, 0.3) is 0 Å². The monoisotopic (exact) mass is 346 g/mol.